The lowest BCUT2D eigenvalue weighted by Crippen LogP contribution is -2.01. The van der Waals surface area contributed by atoms with Crippen molar-refractivity contribution in [2.45, 2.75) is 19.8 Å². The summed E-state index contributed by atoms with van der Waals surface area (Å²) in [5.74, 6) is 0.526. The van der Waals surface area contributed by atoms with Gasteiger partial charge in [0.05, 0.1) is 0 Å². The molecule has 1 aromatic heterocycles. The fraction of sp³-hybridized carbons (Fsp3) is 0.231. The quantitative estimate of drug-likeness (QED) is 0.829. The van der Waals surface area contributed by atoms with Crippen LogP contribution in [0.3, 0.4) is 0 Å². The first-order chi connectivity index (χ1) is 8.70. The maximum absolute atomic E-state index is 5.83. The molecule has 18 heavy (non-hydrogen) atoms. The van der Waals surface area contributed by atoms with E-state index in [1.807, 2.05) is 12.1 Å². The van der Waals surface area contributed by atoms with Gasteiger partial charge in [-0.3, -0.25) is 0 Å². The first-order valence-corrected chi connectivity index (χ1v) is 6.20. The van der Waals surface area contributed by atoms with Crippen molar-refractivity contribution < 1.29 is 0 Å². The average molecular weight is 263 g/mol. The number of hydrogen-bond donors (Lipinski definition) is 2. The molecule has 1 aromatic carbocycles. The average Bonchev–Trinajstić information content (AvgIpc) is 2.38. The Morgan fingerprint density at radius 1 is 1.22 bits per heavy atom. The first-order valence-electron chi connectivity index (χ1n) is 5.82. The van der Waals surface area contributed by atoms with Crippen LogP contribution in [0.25, 0.3) is 0 Å². The van der Waals surface area contributed by atoms with E-state index in [0.717, 1.165) is 18.5 Å². The van der Waals surface area contributed by atoms with Gasteiger partial charge in [-0.05, 0) is 24.1 Å². The summed E-state index contributed by atoms with van der Waals surface area (Å²) in [6.07, 6.45) is 3.61. The molecular weight excluding hydrogens is 248 g/mol. The molecular formula is C13H15ClN4. The highest BCUT2D eigenvalue weighted by molar-refractivity contribution is 6.32. The predicted octanol–water partition coefficient (Wildman–Crippen LogP) is 3.41. The zero-order chi connectivity index (χ0) is 13.0. The Morgan fingerprint density at radius 2 is 1.94 bits per heavy atom. The number of hydrogen-bond acceptors (Lipinski definition) is 4. The van der Waals surface area contributed by atoms with Crippen molar-refractivity contribution in [3.05, 3.63) is 41.3 Å². The minimum absolute atomic E-state index is 0.259. The maximum atomic E-state index is 5.83. The monoisotopic (exact) mass is 262 g/mol. The number of rotatable bonds is 4. The molecule has 0 atom stereocenters. The molecule has 0 unspecified atom stereocenters. The predicted molar refractivity (Wildman–Crippen MR) is 75.2 cm³/mol. The summed E-state index contributed by atoms with van der Waals surface area (Å²) in [6, 6.07) is 8.18. The van der Waals surface area contributed by atoms with Crippen molar-refractivity contribution in [1.82, 2.24) is 9.97 Å². The summed E-state index contributed by atoms with van der Waals surface area (Å²) in [6.45, 7) is 2.16. The van der Waals surface area contributed by atoms with Crippen LogP contribution in [0.15, 0.2) is 30.6 Å². The zero-order valence-corrected chi connectivity index (χ0v) is 10.9. The van der Waals surface area contributed by atoms with Crippen LogP contribution in [-0.4, -0.2) is 9.97 Å². The normalized spacial score (nSPS) is 10.3. The van der Waals surface area contributed by atoms with Gasteiger partial charge in [0, 0.05) is 5.69 Å². The van der Waals surface area contributed by atoms with Crippen LogP contribution in [0.1, 0.15) is 18.9 Å². The fourth-order valence-electron chi connectivity index (χ4n) is 1.65. The van der Waals surface area contributed by atoms with Gasteiger partial charge in [0.2, 0.25) is 0 Å². The molecule has 5 heteroatoms. The van der Waals surface area contributed by atoms with Crippen LogP contribution >= 0.6 is 11.6 Å². The van der Waals surface area contributed by atoms with E-state index in [1.165, 1.54) is 11.9 Å². The molecule has 1 heterocycles. The second-order valence-electron chi connectivity index (χ2n) is 4.00. The maximum Gasteiger partial charge on any atom is 0.158 e. The Balaban J connectivity index is 2.16. The summed E-state index contributed by atoms with van der Waals surface area (Å²) in [4.78, 5) is 7.87. The Labute approximate surface area is 111 Å². The number of halogens is 1. The van der Waals surface area contributed by atoms with Gasteiger partial charge < -0.3 is 11.1 Å². The topological polar surface area (TPSA) is 63.8 Å². The lowest BCUT2D eigenvalue weighted by Gasteiger charge is -2.09. The SMILES string of the molecule is CCCc1ccc(Nc2ncnc(Cl)c2N)cc1. The number of benzene rings is 1. The number of nitrogens with one attached hydrogen (secondary N) is 1. The van der Waals surface area contributed by atoms with Crippen molar-refractivity contribution in [1.29, 1.82) is 0 Å². The molecule has 0 aliphatic carbocycles. The summed E-state index contributed by atoms with van der Waals surface area (Å²) < 4.78 is 0. The highest BCUT2D eigenvalue weighted by Gasteiger charge is 2.05. The summed E-state index contributed by atoms with van der Waals surface area (Å²) in [5.41, 5.74) is 8.39. The molecule has 0 aliphatic rings. The summed E-state index contributed by atoms with van der Waals surface area (Å²) in [7, 11) is 0. The van der Waals surface area contributed by atoms with Crippen LogP contribution in [0.4, 0.5) is 17.2 Å². The van der Waals surface area contributed by atoms with Crippen LogP contribution in [0, 0.1) is 0 Å². The number of nitrogens with zero attached hydrogens (tertiary/aromatic N) is 2. The number of aryl methyl sites for hydroxylation is 1. The van der Waals surface area contributed by atoms with Gasteiger partial charge in [-0.1, -0.05) is 37.1 Å². The van der Waals surface area contributed by atoms with Gasteiger partial charge in [0.25, 0.3) is 0 Å². The Morgan fingerprint density at radius 3 is 2.61 bits per heavy atom. The molecule has 3 N–H and O–H groups in total. The van der Waals surface area contributed by atoms with Gasteiger partial charge >= 0.3 is 0 Å². The number of nitrogen functional groups attached to an aromatic ring is 1. The number of anilines is 3. The molecule has 0 radical (unpaired) electrons. The zero-order valence-electron chi connectivity index (χ0n) is 10.2. The van der Waals surface area contributed by atoms with Gasteiger partial charge in [-0.25, -0.2) is 9.97 Å². The molecule has 2 aromatic rings. The third-order valence-electron chi connectivity index (χ3n) is 2.59. The van der Waals surface area contributed by atoms with Gasteiger partial charge in [0.15, 0.2) is 11.0 Å². The lowest BCUT2D eigenvalue weighted by molar-refractivity contribution is 0.922. The van der Waals surface area contributed by atoms with Crippen LogP contribution in [0.5, 0.6) is 0 Å². The summed E-state index contributed by atoms with van der Waals surface area (Å²) in [5, 5.41) is 3.38. The minimum atomic E-state index is 0.259. The van der Waals surface area contributed by atoms with Crippen molar-refractivity contribution in [3.8, 4) is 0 Å². The fourth-order valence-corrected chi connectivity index (χ4v) is 1.79. The van der Waals surface area contributed by atoms with E-state index in [4.69, 9.17) is 17.3 Å². The summed E-state index contributed by atoms with van der Waals surface area (Å²) >= 11 is 5.83. The van der Waals surface area contributed by atoms with Crippen LogP contribution in [0.2, 0.25) is 5.15 Å². The first kappa shape index (κ1) is 12.6. The standard InChI is InChI=1S/C13H15ClN4/c1-2-3-9-4-6-10(7-5-9)18-13-11(15)12(14)16-8-17-13/h4-8H,2-3,15H2,1H3,(H,16,17,18). The molecule has 0 saturated carbocycles. The molecule has 0 aliphatic heterocycles. The third-order valence-corrected chi connectivity index (χ3v) is 2.89. The molecule has 0 amide bonds. The van der Waals surface area contributed by atoms with Crippen molar-refractivity contribution >= 4 is 28.8 Å². The van der Waals surface area contributed by atoms with E-state index in [2.05, 4.69) is 34.3 Å². The molecule has 0 fully saturated rings. The Kier molecular flexibility index (Phi) is 3.99. The van der Waals surface area contributed by atoms with Gasteiger partial charge in [-0.2, -0.15) is 0 Å². The number of aromatic nitrogens is 2. The van der Waals surface area contributed by atoms with Crippen molar-refractivity contribution in [3.63, 3.8) is 0 Å². The second kappa shape index (κ2) is 5.69. The van der Waals surface area contributed by atoms with E-state index >= 15 is 0 Å². The van der Waals surface area contributed by atoms with E-state index in [0.29, 0.717) is 11.5 Å². The lowest BCUT2D eigenvalue weighted by atomic mass is 10.1. The molecule has 4 nitrogen and oxygen atoms in total. The second-order valence-corrected chi connectivity index (χ2v) is 4.36. The van der Waals surface area contributed by atoms with Crippen molar-refractivity contribution in [2.24, 2.45) is 0 Å². The molecule has 0 spiro atoms. The van der Waals surface area contributed by atoms with Crippen molar-refractivity contribution in [2.75, 3.05) is 11.1 Å². The highest BCUT2D eigenvalue weighted by atomic mass is 35.5. The smallest absolute Gasteiger partial charge is 0.158 e. The van der Waals surface area contributed by atoms with E-state index in [9.17, 15) is 0 Å². The number of nitrogens with two attached hydrogens (primary N) is 1. The van der Waals surface area contributed by atoms with Gasteiger partial charge in [-0.15, -0.1) is 0 Å². The Hall–Kier alpha value is -1.81. The van der Waals surface area contributed by atoms with Crippen LogP contribution < -0.4 is 11.1 Å². The van der Waals surface area contributed by atoms with E-state index in [1.54, 1.807) is 0 Å². The minimum Gasteiger partial charge on any atom is -0.393 e. The molecule has 94 valence electrons. The van der Waals surface area contributed by atoms with E-state index < -0.39 is 0 Å². The highest BCUT2D eigenvalue weighted by Crippen LogP contribution is 2.25. The molecule has 2 rings (SSSR count). The van der Waals surface area contributed by atoms with Crippen LogP contribution in [-0.2, 0) is 6.42 Å². The largest absolute Gasteiger partial charge is 0.393 e. The third kappa shape index (κ3) is 2.90. The molecule has 0 bridgehead atoms. The van der Waals surface area contributed by atoms with Gasteiger partial charge in [0.1, 0.15) is 12.0 Å². The van der Waals surface area contributed by atoms with E-state index in [-0.39, 0.29) is 5.15 Å². The molecule has 0 saturated heterocycles. The Bertz CT molecular complexity index is 525.